The molecule has 0 fully saturated rings. The summed E-state index contributed by atoms with van der Waals surface area (Å²) in [7, 11) is 0. The van der Waals surface area contributed by atoms with Crippen LogP contribution in [-0.2, 0) is 13.5 Å². The van der Waals surface area contributed by atoms with Gasteiger partial charge in [-0.3, -0.25) is 0 Å². The fourth-order valence-electron chi connectivity index (χ4n) is 13.2. The molecule has 0 spiro atoms. The van der Waals surface area contributed by atoms with Gasteiger partial charge in [0.2, 0.25) is 33.3 Å². The molecule has 111 heavy (non-hydrogen) atoms. The van der Waals surface area contributed by atoms with E-state index in [0.29, 0.717) is 41.1 Å². The molecule has 19 aromatic rings. The van der Waals surface area contributed by atoms with Gasteiger partial charge < -0.3 is 35.0 Å². The number of aryl methyl sites for hydroxylation is 1. The fourth-order valence-corrected chi connectivity index (χ4v) is 13.2. The molecule has 2 aliphatic rings. The zero-order chi connectivity index (χ0) is 72.3. The number of nitrogens with one attached hydrogen (secondary N) is 5. The zero-order valence-electron chi connectivity index (χ0n) is 62.4. The number of rotatable bonds is 3. The number of pyridine rings is 8. The van der Waals surface area contributed by atoms with E-state index >= 15 is 0 Å². The minimum atomic E-state index is 0. The van der Waals surface area contributed by atoms with Crippen molar-refractivity contribution in [1.29, 1.82) is 0 Å². The Morgan fingerprint density at radius 1 is 0.324 bits per heavy atom. The first-order valence-corrected chi connectivity index (χ1v) is 34.5. The van der Waals surface area contributed by atoms with Gasteiger partial charge in [0.1, 0.15) is 5.52 Å². The first-order chi connectivity index (χ1) is 52.0. The van der Waals surface area contributed by atoms with Crippen LogP contribution in [0.15, 0.2) is 340 Å². The number of aromatic amines is 5. The monoisotopic (exact) mass is 1420 g/mol. The van der Waals surface area contributed by atoms with E-state index in [0.717, 1.165) is 99.3 Å². The molecule has 0 saturated heterocycles. The molecule has 2 aliphatic heterocycles. The van der Waals surface area contributed by atoms with Gasteiger partial charge in [0.25, 0.3) is 24.5 Å². The Kier molecular flexibility index (Phi) is 28.3. The van der Waals surface area contributed by atoms with E-state index in [2.05, 4.69) is 99.7 Å². The Balaban J connectivity index is 0.000000139. The summed E-state index contributed by atoms with van der Waals surface area (Å²) in [5, 5.41) is 69.2. The number of hydrogen-bond acceptors (Lipinski definition) is 8. The maximum absolute atomic E-state index is 12.4. The Hall–Kier alpha value is -11.5. The van der Waals surface area contributed by atoms with Crippen molar-refractivity contribution in [3.05, 3.63) is 346 Å². The van der Waals surface area contributed by atoms with Gasteiger partial charge in [0, 0.05) is 87.6 Å². The van der Waals surface area contributed by atoms with Crippen LogP contribution >= 0.6 is 0 Å². The van der Waals surface area contributed by atoms with Gasteiger partial charge in [-0.05, 0) is 154 Å². The van der Waals surface area contributed by atoms with E-state index < -0.39 is 0 Å². The molecule has 5 N–H and O–H groups in total. The van der Waals surface area contributed by atoms with Gasteiger partial charge >= 0.3 is 94.3 Å². The molecule has 0 atom stereocenters. The number of nitrogens with zero attached hydrogens (tertiary/aromatic N) is 3. The number of hydrogen-bond donors (Lipinski definition) is 0. The minimum Gasteiger partial charge on any atom is -0.872 e. The maximum atomic E-state index is 12.4. The van der Waals surface area contributed by atoms with Crippen molar-refractivity contribution in [3.63, 3.8) is 0 Å². The second kappa shape index (κ2) is 38.3. The average molecular weight is 1420 g/mol. The molecule has 0 saturated carbocycles. The number of para-hydroxylation sites is 5. The third-order valence-electron chi connectivity index (χ3n) is 18.3. The first kappa shape index (κ1) is 82.1. The maximum Gasteiger partial charge on any atom is 1.00 e. The Labute approximate surface area is 700 Å². The van der Waals surface area contributed by atoms with Gasteiger partial charge in [0.05, 0.1) is 16.2 Å². The standard InChI is InChI=1S/C21H15NO.C18H12N2O.C13H9NO.2C10H8NO.C10H9NO.C9H7NO.5Li/c23-20-13-17(15-7-3-1-4-8-15)11-18-12-19(14-22-21(18)20)16-9-5-2-6-10-16;21-16-6-2-1-5-14(16)15-10-9-13-8-7-12-4-3-11-19-17(12)18(13)20-15;15-12-8-9-4-1-2-5-10(9)11-6-3-7-14-13(11)12;2*1-3-8-4-2-6-11-7-12-9(5-1)10(8)11;1-7-5-6-8-3-2-4-9(12)10(8)11-7;11-8-5-1-3-7-4-2-6-10-9(7)8;;;;;/h1-14,23H;1-11,21H;1-8,15H;2*1-6H,7H2;2-6,12H,1H3;1-6,11H;;;;;/q;;;2*+1;;;5*+1. The second-order valence-corrected chi connectivity index (χ2v) is 25.2. The number of benzene rings is 11. The zero-order valence-corrected chi connectivity index (χ0v) is 62.4. The molecule has 0 unspecified atom stereocenters. The van der Waals surface area contributed by atoms with E-state index in [1.165, 1.54) is 21.8 Å². The third kappa shape index (κ3) is 18.7. The summed E-state index contributed by atoms with van der Waals surface area (Å²) < 4.78 is 15.2. The molecule has 0 amide bonds. The van der Waals surface area contributed by atoms with Crippen LogP contribution in [0.5, 0.6) is 40.2 Å². The molecule has 0 radical (unpaired) electrons. The van der Waals surface area contributed by atoms with Crippen molar-refractivity contribution in [3.8, 4) is 73.8 Å². The van der Waals surface area contributed by atoms with E-state index in [9.17, 15) is 25.5 Å². The van der Waals surface area contributed by atoms with E-state index in [-0.39, 0.29) is 123 Å². The van der Waals surface area contributed by atoms with Gasteiger partial charge in [-0.15, -0.1) is 0 Å². The topological polar surface area (TPSA) is 225 Å². The first-order valence-electron chi connectivity index (χ1n) is 34.5. The quantitative estimate of drug-likeness (QED) is 0.116. The van der Waals surface area contributed by atoms with Gasteiger partial charge in [-0.2, -0.15) is 9.13 Å². The SMILES string of the molecule is Cc1ccc2cccc([O-])c2[nH+]1.[Li+].[Li+].[Li+].[Li+].[Li+].[O-]c1cc(-c2ccccc2)cc2cc(-c3ccccc3)c[nH+]c12.[O-]c1cc2ccccc2c2ccc[nH+]c12.[O-]c1cccc2ccc[nH+]c12.[O-]c1ccccc1-c1ccc2ccc3cccnc3c2[nH+]1.c1cc2c3c(c1)ccc[n+]3CO2.c1cc2c3c(c1)ccc[n+]3CO2. The molecular formula is C91H68Li5N8O7+7. The number of ether oxygens (including phenoxy) is 2. The molecule has 8 aromatic heterocycles. The van der Waals surface area contributed by atoms with Crippen LogP contribution in [0.25, 0.3) is 132 Å². The fraction of sp³-hybridized carbons (Fsp3) is 0.0330. The number of fused-ring (bicyclic) bond motifs is 9. The van der Waals surface area contributed by atoms with Crippen LogP contribution in [-0.4, -0.2) is 4.98 Å². The van der Waals surface area contributed by atoms with E-state index in [1.807, 2.05) is 220 Å². The predicted molar refractivity (Wildman–Crippen MR) is 403 cm³/mol. The molecule has 512 valence electrons. The van der Waals surface area contributed by atoms with Crippen LogP contribution in [0.2, 0.25) is 0 Å². The molecule has 21 rings (SSSR count). The Morgan fingerprint density at radius 3 is 1.48 bits per heavy atom. The Morgan fingerprint density at radius 2 is 0.802 bits per heavy atom. The predicted octanol–water partition coefficient (Wildman–Crippen LogP) is -1.38. The summed E-state index contributed by atoms with van der Waals surface area (Å²) in [4.78, 5) is 19.9. The number of aromatic nitrogens is 8. The van der Waals surface area contributed by atoms with E-state index in [1.54, 1.807) is 67.1 Å². The molecular weight excluding hydrogens is 1350 g/mol. The van der Waals surface area contributed by atoms with Crippen molar-refractivity contribution in [2.75, 3.05) is 0 Å². The van der Waals surface area contributed by atoms with Gasteiger partial charge in [-0.25, -0.2) is 29.9 Å². The molecule has 0 bridgehead atoms. The van der Waals surface area contributed by atoms with Crippen molar-refractivity contribution in [2.24, 2.45) is 0 Å². The van der Waals surface area contributed by atoms with Gasteiger partial charge in [-0.1, -0.05) is 170 Å². The number of H-pyrrole nitrogens is 5. The van der Waals surface area contributed by atoms with E-state index in [4.69, 9.17) is 9.47 Å². The van der Waals surface area contributed by atoms with Crippen LogP contribution in [0.4, 0.5) is 0 Å². The molecule has 11 aromatic carbocycles. The third-order valence-corrected chi connectivity index (χ3v) is 18.3. The average Bonchev–Trinajstić information content (AvgIpc) is 1.64. The summed E-state index contributed by atoms with van der Waals surface area (Å²) >= 11 is 0. The molecule has 0 aliphatic carbocycles. The minimum absolute atomic E-state index is 0. The second-order valence-electron chi connectivity index (χ2n) is 25.2. The van der Waals surface area contributed by atoms with Crippen LogP contribution in [0.3, 0.4) is 0 Å². The molecule has 15 nitrogen and oxygen atoms in total. The van der Waals surface area contributed by atoms with Crippen LogP contribution < -0.4 is 163 Å². The van der Waals surface area contributed by atoms with Crippen molar-refractivity contribution in [1.82, 2.24) is 4.98 Å². The van der Waals surface area contributed by atoms with Gasteiger partial charge in [0.15, 0.2) is 48.2 Å². The summed E-state index contributed by atoms with van der Waals surface area (Å²) in [5.74, 6) is 2.16. The molecule has 20 heteroatoms. The Bertz CT molecular complexity index is 6260. The smallest absolute Gasteiger partial charge is 0.872 e. The van der Waals surface area contributed by atoms with Crippen molar-refractivity contribution < 1.29 is 163 Å². The van der Waals surface area contributed by atoms with Crippen LogP contribution in [0.1, 0.15) is 5.69 Å². The summed E-state index contributed by atoms with van der Waals surface area (Å²) in [5.41, 5.74) is 13.7. The van der Waals surface area contributed by atoms with Crippen molar-refractivity contribution in [2.45, 2.75) is 20.4 Å². The normalized spacial score (nSPS) is 10.8. The summed E-state index contributed by atoms with van der Waals surface area (Å²) in [6.07, 6.45) is 11.3. The van der Waals surface area contributed by atoms with Crippen LogP contribution in [0, 0.1) is 6.92 Å². The summed E-state index contributed by atoms with van der Waals surface area (Å²) in [6, 6.07) is 97.2. The molecule has 10 heterocycles. The summed E-state index contributed by atoms with van der Waals surface area (Å²) in [6.45, 7) is 3.24. The largest absolute Gasteiger partial charge is 1.00 e. The van der Waals surface area contributed by atoms with Crippen molar-refractivity contribution >= 4 is 98.0 Å².